The number of likely N-dealkylation sites (N-methyl/N-ethyl adjacent to an activating group) is 1. The van der Waals surface area contributed by atoms with Crippen molar-refractivity contribution in [3.63, 3.8) is 0 Å². The summed E-state index contributed by atoms with van der Waals surface area (Å²) in [4.78, 5) is 29.0. The fourth-order valence-electron chi connectivity index (χ4n) is 2.36. The smallest absolute Gasteiger partial charge is 0.270 e. The zero-order valence-corrected chi connectivity index (χ0v) is 14.5. The Morgan fingerprint density at radius 2 is 1.67 bits per heavy atom. The largest absolute Gasteiger partial charge is 0.357 e. The Labute approximate surface area is 142 Å². The van der Waals surface area contributed by atoms with E-state index in [1.54, 1.807) is 19.2 Å². The molecule has 2 rings (SSSR count). The number of benzene rings is 1. The van der Waals surface area contributed by atoms with Gasteiger partial charge in [-0.05, 0) is 17.5 Å². The Balaban J connectivity index is 2.25. The van der Waals surface area contributed by atoms with Gasteiger partial charge < -0.3 is 10.6 Å². The minimum atomic E-state index is -0.641. The molecule has 0 aliphatic heterocycles. The van der Waals surface area contributed by atoms with Crippen LogP contribution in [0.4, 0.5) is 0 Å². The lowest BCUT2D eigenvalue weighted by Gasteiger charge is -2.29. The molecule has 1 aromatic heterocycles. The molecule has 1 aromatic carbocycles. The summed E-state index contributed by atoms with van der Waals surface area (Å²) in [5, 5.41) is 5.38. The van der Waals surface area contributed by atoms with Gasteiger partial charge in [0.2, 0.25) is 5.91 Å². The lowest BCUT2D eigenvalue weighted by atomic mass is 9.86. The topological polar surface area (TPSA) is 71.1 Å². The number of pyridine rings is 1. The van der Waals surface area contributed by atoms with E-state index in [0.717, 1.165) is 11.3 Å². The second kappa shape index (κ2) is 7.25. The Hall–Kier alpha value is -2.69. The van der Waals surface area contributed by atoms with Gasteiger partial charge in [0, 0.05) is 12.6 Å². The van der Waals surface area contributed by atoms with Gasteiger partial charge in [0.15, 0.2) is 0 Å². The van der Waals surface area contributed by atoms with E-state index >= 15 is 0 Å². The molecule has 0 aliphatic carbocycles. The van der Waals surface area contributed by atoms with Crippen LogP contribution in [0.5, 0.6) is 0 Å². The molecule has 0 radical (unpaired) electrons. The highest BCUT2D eigenvalue weighted by Gasteiger charge is 2.32. The molecular weight excluding hydrogens is 302 g/mol. The summed E-state index contributed by atoms with van der Waals surface area (Å²) in [6.45, 7) is 5.71. The van der Waals surface area contributed by atoms with Gasteiger partial charge in [-0.25, -0.2) is 4.98 Å². The van der Waals surface area contributed by atoms with E-state index in [9.17, 15) is 9.59 Å². The molecule has 2 N–H and O–H groups in total. The summed E-state index contributed by atoms with van der Waals surface area (Å²) in [5.41, 5.74) is 1.53. The first-order valence-electron chi connectivity index (χ1n) is 7.88. The van der Waals surface area contributed by atoms with Crippen molar-refractivity contribution in [3.05, 3.63) is 54.2 Å². The van der Waals surface area contributed by atoms with Crippen molar-refractivity contribution < 1.29 is 9.59 Å². The average molecular weight is 325 g/mol. The monoisotopic (exact) mass is 325 g/mol. The first kappa shape index (κ1) is 17.7. The SMILES string of the molecule is CNC(=O)[C@@H](NC(=O)c1cccc(-c2ccccc2)n1)C(C)(C)C. The Morgan fingerprint density at radius 1 is 1.00 bits per heavy atom. The van der Waals surface area contributed by atoms with E-state index in [2.05, 4.69) is 15.6 Å². The molecule has 0 unspecified atom stereocenters. The molecule has 2 aromatic rings. The van der Waals surface area contributed by atoms with Crippen molar-refractivity contribution in [2.75, 3.05) is 7.05 Å². The summed E-state index contributed by atoms with van der Waals surface area (Å²) < 4.78 is 0. The highest BCUT2D eigenvalue weighted by Crippen LogP contribution is 2.20. The van der Waals surface area contributed by atoms with Gasteiger partial charge >= 0.3 is 0 Å². The molecule has 0 bridgehead atoms. The zero-order chi connectivity index (χ0) is 17.7. The number of carbonyl (C=O) groups is 2. The van der Waals surface area contributed by atoms with Crippen molar-refractivity contribution in [3.8, 4) is 11.3 Å². The number of aromatic nitrogens is 1. The van der Waals surface area contributed by atoms with Crippen molar-refractivity contribution in [2.24, 2.45) is 5.41 Å². The van der Waals surface area contributed by atoms with Crippen LogP contribution in [0.1, 0.15) is 31.3 Å². The van der Waals surface area contributed by atoms with Crippen molar-refractivity contribution in [1.29, 1.82) is 0 Å². The zero-order valence-electron chi connectivity index (χ0n) is 14.5. The third-order valence-corrected chi connectivity index (χ3v) is 3.70. The van der Waals surface area contributed by atoms with E-state index < -0.39 is 11.5 Å². The Kier molecular flexibility index (Phi) is 5.34. The maximum absolute atomic E-state index is 12.6. The molecule has 0 fully saturated rings. The van der Waals surface area contributed by atoms with E-state index in [4.69, 9.17) is 0 Å². The van der Waals surface area contributed by atoms with Crippen molar-refractivity contribution >= 4 is 11.8 Å². The summed E-state index contributed by atoms with van der Waals surface area (Å²) in [7, 11) is 1.56. The molecule has 24 heavy (non-hydrogen) atoms. The highest BCUT2D eigenvalue weighted by atomic mass is 16.2. The van der Waals surface area contributed by atoms with Gasteiger partial charge in [0.1, 0.15) is 11.7 Å². The van der Waals surface area contributed by atoms with Crippen molar-refractivity contribution in [1.82, 2.24) is 15.6 Å². The minimum absolute atomic E-state index is 0.227. The standard InChI is InChI=1S/C19H23N3O2/c1-19(2,3)16(18(24)20-4)22-17(23)15-12-8-11-14(21-15)13-9-6-5-7-10-13/h5-12,16H,1-4H3,(H,20,24)(H,22,23)/t16-/m1/s1. The van der Waals surface area contributed by atoms with Crippen LogP contribution in [0, 0.1) is 5.41 Å². The second-order valence-electron chi connectivity index (χ2n) is 6.66. The third-order valence-electron chi connectivity index (χ3n) is 3.70. The molecule has 5 heteroatoms. The first-order chi connectivity index (χ1) is 11.3. The maximum Gasteiger partial charge on any atom is 0.270 e. The van der Waals surface area contributed by atoms with Crippen LogP contribution in [0.2, 0.25) is 0 Å². The molecule has 0 aliphatic rings. The van der Waals surface area contributed by atoms with E-state index in [1.807, 2.05) is 57.2 Å². The molecule has 0 saturated carbocycles. The number of nitrogens with one attached hydrogen (secondary N) is 2. The molecular formula is C19H23N3O2. The lowest BCUT2D eigenvalue weighted by Crippen LogP contribution is -2.53. The summed E-state index contributed by atoms with van der Waals surface area (Å²) in [6, 6.07) is 14.3. The van der Waals surface area contributed by atoms with Gasteiger partial charge in [-0.3, -0.25) is 9.59 Å². The molecule has 1 atom stereocenters. The fourth-order valence-corrected chi connectivity index (χ4v) is 2.36. The third kappa shape index (κ3) is 4.19. The predicted molar refractivity (Wildman–Crippen MR) is 94.4 cm³/mol. The maximum atomic E-state index is 12.6. The number of rotatable bonds is 4. The summed E-state index contributed by atoms with van der Waals surface area (Å²) in [5.74, 6) is -0.591. The molecule has 126 valence electrons. The van der Waals surface area contributed by atoms with Crippen molar-refractivity contribution in [2.45, 2.75) is 26.8 Å². The second-order valence-corrected chi connectivity index (χ2v) is 6.66. The fraction of sp³-hybridized carbons (Fsp3) is 0.316. The molecule has 0 saturated heterocycles. The van der Waals surface area contributed by atoms with Crippen LogP contribution in [0.25, 0.3) is 11.3 Å². The number of amides is 2. The lowest BCUT2D eigenvalue weighted by molar-refractivity contribution is -0.124. The van der Waals surface area contributed by atoms with E-state index in [1.165, 1.54) is 0 Å². The summed E-state index contributed by atoms with van der Waals surface area (Å²) >= 11 is 0. The van der Waals surface area contributed by atoms with Crippen LogP contribution < -0.4 is 10.6 Å². The number of nitrogens with zero attached hydrogens (tertiary/aromatic N) is 1. The van der Waals surface area contributed by atoms with Gasteiger partial charge in [0.25, 0.3) is 5.91 Å². The molecule has 2 amide bonds. The molecule has 1 heterocycles. The van der Waals surface area contributed by atoms with Crippen LogP contribution in [-0.4, -0.2) is 29.9 Å². The molecule has 5 nitrogen and oxygen atoms in total. The van der Waals surface area contributed by atoms with Gasteiger partial charge in [-0.15, -0.1) is 0 Å². The predicted octanol–water partition coefficient (Wildman–Crippen LogP) is 2.64. The van der Waals surface area contributed by atoms with Gasteiger partial charge in [-0.2, -0.15) is 0 Å². The van der Waals surface area contributed by atoms with Crippen LogP contribution in [0.3, 0.4) is 0 Å². The Morgan fingerprint density at radius 3 is 2.25 bits per heavy atom. The highest BCUT2D eigenvalue weighted by molar-refractivity contribution is 5.96. The van der Waals surface area contributed by atoms with Crippen LogP contribution in [-0.2, 0) is 4.79 Å². The van der Waals surface area contributed by atoms with Crippen LogP contribution in [0.15, 0.2) is 48.5 Å². The first-order valence-corrected chi connectivity index (χ1v) is 7.88. The van der Waals surface area contributed by atoms with Crippen LogP contribution >= 0.6 is 0 Å². The molecule has 0 spiro atoms. The van der Waals surface area contributed by atoms with E-state index in [0.29, 0.717) is 0 Å². The Bertz CT molecular complexity index is 721. The average Bonchev–Trinajstić information content (AvgIpc) is 2.58. The number of hydrogen-bond acceptors (Lipinski definition) is 3. The normalized spacial score (nSPS) is 12.3. The number of hydrogen-bond donors (Lipinski definition) is 2. The summed E-state index contributed by atoms with van der Waals surface area (Å²) in [6.07, 6.45) is 0. The van der Waals surface area contributed by atoms with Gasteiger partial charge in [-0.1, -0.05) is 57.2 Å². The van der Waals surface area contributed by atoms with Gasteiger partial charge in [0.05, 0.1) is 5.69 Å². The van der Waals surface area contributed by atoms with E-state index in [-0.39, 0.29) is 17.5 Å². The minimum Gasteiger partial charge on any atom is -0.357 e. The number of carbonyl (C=O) groups excluding carboxylic acids is 2. The quantitative estimate of drug-likeness (QED) is 0.908.